The molecule has 0 unspecified atom stereocenters. The van der Waals surface area contributed by atoms with Crippen molar-refractivity contribution in [3.05, 3.63) is 59.4 Å². The second-order valence-corrected chi connectivity index (χ2v) is 6.17. The van der Waals surface area contributed by atoms with Crippen LogP contribution in [0.1, 0.15) is 27.9 Å². The molecule has 0 bridgehead atoms. The van der Waals surface area contributed by atoms with Crippen molar-refractivity contribution in [1.82, 2.24) is 15.3 Å². The molecule has 0 spiro atoms. The van der Waals surface area contributed by atoms with Gasteiger partial charge in [0.25, 0.3) is 5.91 Å². The van der Waals surface area contributed by atoms with Gasteiger partial charge in [0.15, 0.2) is 0 Å². The highest BCUT2D eigenvalue weighted by Gasteiger charge is 2.15. The van der Waals surface area contributed by atoms with Crippen LogP contribution in [-0.4, -0.2) is 28.3 Å². The molecule has 126 valence electrons. The van der Waals surface area contributed by atoms with Gasteiger partial charge in [-0.25, -0.2) is 4.98 Å². The molecule has 0 aliphatic heterocycles. The monoisotopic (exact) mass is 334 g/mol. The highest BCUT2D eigenvalue weighted by atomic mass is 16.2. The van der Waals surface area contributed by atoms with Gasteiger partial charge in [0.05, 0.1) is 24.1 Å². The lowest BCUT2D eigenvalue weighted by Crippen LogP contribution is -2.32. The molecule has 3 N–H and O–H groups in total. The number of fused-ring (bicyclic) bond motifs is 2. The number of aromatic amines is 1. The van der Waals surface area contributed by atoms with E-state index < -0.39 is 0 Å². The van der Waals surface area contributed by atoms with Gasteiger partial charge < -0.3 is 15.6 Å². The summed E-state index contributed by atoms with van der Waals surface area (Å²) in [6, 6.07) is 11.3. The van der Waals surface area contributed by atoms with E-state index in [-0.39, 0.29) is 18.4 Å². The quantitative estimate of drug-likeness (QED) is 0.685. The van der Waals surface area contributed by atoms with Crippen LogP contribution >= 0.6 is 0 Å². The molecule has 3 aromatic rings. The van der Waals surface area contributed by atoms with Crippen molar-refractivity contribution in [1.29, 1.82) is 0 Å². The number of para-hydroxylation sites is 1. The second kappa shape index (κ2) is 6.39. The summed E-state index contributed by atoms with van der Waals surface area (Å²) >= 11 is 0. The summed E-state index contributed by atoms with van der Waals surface area (Å²) in [5.41, 5.74) is 5.32. The fourth-order valence-electron chi connectivity index (χ4n) is 3.24. The van der Waals surface area contributed by atoms with Crippen LogP contribution in [0.25, 0.3) is 11.0 Å². The Bertz CT molecular complexity index is 961. The van der Waals surface area contributed by atoms with Gasteiger partial charge in [0.2, 0.25) is 5.91 Å². The lowest BCUT2D eigenvalue weighted by atomic mass is 10.1. The molecular weight excluding hydrogens is 316 g/mol. The second-order valence-electron chi connectivity index (χ2n) is 6.17. The molecule has 1 heterocycles. The first kappa shape index (κ1) is 15.4. The Labute approximate surface area is 144 Å². The molecule has 4 rings (SSSR count). The molecule has 6 heteroatoms. The zero-order valence-corrected chi connectivity index (χ0v) is 13.6. The Morgan fingerprint density at radius 1 is 1.12 bits per heavy atom. The summed E-state index contributed by atoms with van der Waals surface area (Å²) < 4.78 is 0. The van der Waals surface area contributed by atoms with Gasteiger partial charge in [-0.2, -0.15) is 0 Å². The van der Waals surface area contributed by atoms with E-state index in [1.807, 2.05) is 30.3 Å². The normalized spacial score (nSPS) is 12.8. The van der Waals surface area contributed by atoms with Crippen molar-refractivity contribution in [2.45, 2.75) is 19.3 Å². The number of hydrogen-bond acceptors (Lipinski definition) is 3. The van der Waals surface area contributed by atoms with Gasteiger partial charge in [-0.15, -0.1) is 0 Å². The molecule has 1 aromatic heterocycles. The van der Waals surface area contributed by atoms with Crippen LogP contribution in [0.5, 0.6) is 0 Å². The van der Waals surface area contributed by atoms with Crippen molar-refractivity contribution < 1.29 is 9.59 Å². The summed E-state index contributed by atoms with van der Waals surface area (Å²) in [5, 5.41) is 5.46. The van der Waals surface area contributed by atoms with Crippen molar-refractivity contribution in [3.63, 3.8) is 0 Å². The van der Waals surface area contributed by atoms with E-state index in [0.29, 0.717) is 16.8 Å². The number of anilines is 1. The average Bonchev–Trinajstić information content (AvgIpc) is 3.28. The minimum Gasteiger partial charge on any atom is -0.345 e. The molecule has 25 heavy (non-hydrogen) atoms. The smallest absolute Gasteiger partial charge is 0.251 e. The first-order valence-corrected chi connectivity index (χ1v) is 8.32. The maximum absolute atomic E-state index is 12.3. The number of H-pyrrole nitrogens is 1. The SMILES string of the molecule is O=C(CNC(=O)c1ccc2c(c1)CCC2)Nc1cccc2[nH]cnc12. The van der Waals surface area contributed by atoms with Crippen molar-refractivity contribution in [2.75, 3.05) is 11.9 Å². The Balaban J connectivity index is 1.38. The Hall–Kier alpha value is -3.15. The topological polar surface area (TPSA) is 86.9 Å². The maximum atomic E-state index is 12.3. The number of aromatic nitrogens is 2. The van der Waals surface area contributed by atoms with E-state index in [2.05, 4.69) is 20.6 Å². The zero-order valence-electron chi connectivity index (χ0n) is 13.6. The Morgan fingerprint density at radius 3 is 2.92 bits per heavy atom. The number of carbonyl (C=O) groups is 2. The summed E-state index contributed by atoms with van der Waals surface area (Å²) in [4.78, 5) is 31.6. The number of aryl methyl sites for hydroxylation is 2. The molecule has 2 aromatic carbocycles. The van der Waals surface area contributed by atoms with Crippen molar-refractivity contribution in [2.24, 2.45) is 0 Å². The summed E-state index contributed by atoms with van der Waals surface area (Å²) in [7, 11) is 0. The molecule has 0 atom stereocenters. The standard InChI is InChI=1S/C19H18N4O2/c24-17(23-16-6-2-5-15-18(16)22-11-21-15)10-20-19(25)14-8-7-12-3-1-4-13(12)9-14/h2,5-9,11H,1,3-4,10H2,(H,20,25)(H,21,22)(H,23,24). The van der Waals surface area contributed by atoms with Crippen LogP contribution in [-0.2, 0) is 17.6 Å². The third-order valence-electron chi connectivity index (χ3n) is 4.49. The number of benzene rings is 2. The molecule has 1 aliphatic rings. The molecule has 0 saturated heterocycles. The van der Waals surface area contributed by atoms with E-state index in [1.54, 1.807) is 12.4 Å². The number of nitrogens with one attached hydrogen (secondary N) is 3. The van der Waals surface area contributed by atoms with Crippen molar-refractivity contribution >= 4 is 28.5 Å². The molecule has 2 amide bonds. The number of amides is 2. The van der Waals surface area contributed by atoms with Crippen LogP contribution in [0.3, 0.4) is 0 Å². The fraction of sp³-hybridized carbons (Fsp3) is 0.211. The van der Waals surface area contributed by atoms with Crippen molar-refractivity contribution in [3.8, 4) is 0 Å². The lowest BCUT2D eigenvalue weighted by molar-refractivity contribution is -0.115. The predicted molar refractivity (Wildman–Crippen MR) is 95.5 cm³/mol. The van der Waals surface area contributed by atoms with Gasteiger partial charge in [0.1, 0.15) is 5.52 Å². The van der Waals surface area contributed by atoms with Gasteiger partial charge >= 0.3 is 0 Å². The third-order valence-corrected chi connectivity index (χ3v) is 4.49. The number of hydrogen-bond donors (Lipinski definition) is 3. The number of nitrogens with zero attached hydrogens (tertiary/aromatic N) is 1. The molecule has 6 nitrogen and oxygen atoms in total. The van der Waals surface area contributed by atoms with Gasteiger partial charge in [-0.1, -0.05) is 12.1 Å². The fourth-order valence-corrected chi connectivity index (χ4v) is 3.24. The van der Waals surface area contributed by atoms with Crippen LogP contribution < -0.4 is 10.6 Å². The third kappa shape index (κ3) is 3.10. The van der Waals surface area contributed by atoms with E-state index in [0.717, 1.165) is 24.8 Å². The van der Waals surface area contributed by atoms with Crippen LogP contribution in [0, 0.1) is 0 Å². The van der Waals surface area contributed by atoms with Gasteiger partial charge in [-0.05, 0) is 54.7 Å². The van der Waals surface area contributed by atoms with E-state index in [4.69, 9.17) is 0 Å². The highest BCUT2D eigenvalue weighted by molar-refractivity contribution is 6.02. The maximum Gasteiger partial charge on any atom is 0.251 e. The van der Waals surface area contributed by atoms with Gasteiger partial charge in [0, 0.05) is 5.56 Å². The minimum atomic E-state index is -0.287. The molecular formula is C19H18N4O2. The molecule has 1 aliphatic carbocycles. The summed E-state index contributed by atoms with van der Waals surface area (Å²) in [6.45, 7) is -0.0866. The molecule has 0 radical (unpaired) electrons. The highest BCUT2D eigenvalue weighted by Crippen LogP contribution is 2.23. The van der Waals surface area contributed by atoms with Gasteiger partial charge in [-0.3, -0.25) is 9.59 Å². The average molecular weight is 334 g/mol. The molecule has 0 fully saturated rings. The number of carbonyl (C=O) groups excluding carboxylic acids is 2. The van der Waals surface area contributed by atoms with Crippen LogP contribution in [0.2, 0.25) is 0 Å². The zero-order chi connectivity index (χ0) is 17.2. The van der Waals surface area contributed by atoms with E-state index in [9.17, 15) is 9.59 Å². The Kier molecular flexibility index (Phi) is 3.93. The van der Waals surface area contributed by atoms with E-state index >= 15 is 0 Å². The minimum absolute atomic E-state index is 0.0866. The predicted octanol–water partition coefficient (Wildman–Crippen LogP) is 2.42. The first-order valence-electron chi connectivity index (χ1n) is 8.32. The number of imidazole rings is 1. The van der Waals surface area contributed by atoms with E-state index in [1.165, 1.54) is 11.1 Å². The summed E-state index contributed by atoms with van der Waals surface area (Å²) in [5.74, 6) is -0.521. The largest absolute Gasteiger partial charge is 0.345 e. The molecule has 0 saturated carbocycles. The summed E-state index contributed by atoms with van der Waals surface area (Å²) in [6.07, 6.45) is 4.82. The first-order chi connectivity index (χ1) is 12.2. The van der Waals surface area contributed by atoms with Crippen LogP contribution in [0.4, 0.5) is 5.69 Å². The Morgan fingerprint density at radius 2 is 2.00 bits per heavy atom. The lowest BCUT2D eigenvalue weighted by Gasteiger charge is -2.08. The number of rotatable bonds is 4. The van der Waals surface area contributed by atoms with Crippen LogP contribution in [0.15, 0.2) is 42.7 Å².